The molecule has 14 atom stereocenters. The van der Waals surface area contributed by atoms with Crippen molar-refractivity contribution in [3.63, 3.8) is 0 Å². The molecule has 14 unspecified atom stereocenters. The van der Waals surface area contributed by atoms with Crippen molar-refractivity contribution in [2.24, 2.45) is 46.3 Å². The number of ether oxygens (including phenoxy) is 3. The van der Waals surface area contributed by atoms with Gasteiger partial charge in [-0.2, -0.15) is 0 Å². The van der Waals surface area contributed by atoms with Crippen molar-refractivity contribution in [1.82, 2.24) is 0 Å². The van der Waals surface area contributed by atoms with Crippen LogP contribution >= 0.6 is 0 Å². The summed E-state index contributed by atoms with van der Waals surface area (Å²) in [6.45, 7) is 12.1. The Hall–Kier alpha value is -0.730. The van der Waals surface area contributed by atoms with Crippen molar-refractivity contribution in [3.05, 3.63) is 0 Å². The minimum absolute atomic E-state index is 0.0407. The van der Waals surface area contributed by atoms with Crippen LogP contribution in [-0.4, -0.2) is 63.2 Å². The molecule has 3 N–H and O–H groups in total. The van der Waals surface area contributed by atoms with Gasteiger partial charge < -0.3 is 29.5 Å². The molecule has 2 saturated heterocycles. The molecule has 210 valence electrons. The molecule has 6 rings (SSSR count). The average molecular weight is 521 g/mol. The first-order valence-electron chi connectivity index (χ1n) is 14.8. The van der Waals surface area contributed by atoms with Gasteiger partial charge >= 0.3 is 5.97 Å². The van der Waals surface area contributed by atoms with Crippen molar-refractivity contribution >= 4 is 5.97 Å². The van der Waals surface area contributed by atoms with E-state index >= 15 is 0 Å². The molecule has 7 heteroatoms. The summed E-state index contributed by atoms with van der Waals surface area (Å²) < 4.78 is 18.8. The lowest BCUT2D eigenvalue weighted by molar-refractivity contribution is -0.306. The van der Waals surface area contributed by atoms with Crippen LogP contribution in [0, 0.1) is 46.3 Å². The van der Waals surface area contributed by atoms with Gasteiger partial charge in [-0.05, 0) is 99.2 Å². The molecular weight excluding hydrogens is 472 g/mol. The Balaban J connectivity index is 1.29. The Bertz CT molecular complexity index is 952. The Morgan fingerprint density at radius 3 is 2.46 bits per heavy atom. The van der Waals surface area contributed by atoms with E-state index in [9.17, 15) is 20.1 Å². The number of carbonyl (C=O) groups is 1. The lowest BCUT2D eigenvalue weighted by atomic mass is 9.43. The molecule has 4 saturated carbocycles. The Morgan fingerprint density at radius 1 is 1.03 bits per heavy atom. The van der Waals surface area contributed by atoms with Crippen LogP contribution in [0.1, 0.15) is 92.9 Å². The fraction of sp³-hybridized carbons (Fsp3) is 0.967. The zero-order chi connectivity index (χ0) is 26.8. The van der Waals surface area contributed by atoms with E-state index in [4.69, 9.17) is 14.2 Å². The van der Waals surface area contributed by atoms with E-state index < -0.39 is 23.1 Å². The van der Waals surface area contributed by atoms with Crippen LogP contribution < -0.4 is 0 Å². The zero-order valence-corrected chi connectivity index (χ0v) is 23.5. The van der Waals surface area contributed by atoms with Crippen LogP contribution in [0.2, 0.25) is 0 Å². The lowest BCUT2D eigenvalue weighted by Gasteiger charge is -2.63. The quantitative estimate of drug-likeness (QED) is 0.476. The summed E-state index contributed by atoms with van der Waals surface area (Å²) in [5.41, 5.74) is -2.15. The Morgan fingerprint density at radius 2 is 1.76 bits per heavy atom. The van der Waals surface area contributed by atoms with E-state index in [1.807, 2.05) is 13.8 Å². The standard InChI is InChI=1S/C30H48O7/c1-16-13-30(37-28(16,5)15-35-17(2)31)29(6,34)25-23(36-30)12-21-20-8-7-18-11-19(32)9-10-26(18,3)24(20)22(33)14-27(21,25)4/h16,18-25,32-34H,7-15H2,1-6H3. The molecule has 1 spiro atoms. The molecule has 2 aliphatic heterocycles. The van der Waals surface area contributed by atoms with Gasteiger partial charge in [-0.15, -0.1) is 0 Å². The molecule has 7 nitrogen and oxygen atoms in total. The highest BCUT2D eigenvalue weighted by Crippen LogP contribution is 2.72. The van der Waals surface area contributed by atoms with E-state index in [0.717, 1.165) is 38.5 Å². The number of hydrogen-bond donors (Lipinski definition) is 3. The molecule has 6 fully saturated rings. The van der Waals surface area contributed by atoms with Gasteiger partial charge in [-0.1, -0.05) is 20.8 Å². The SMILES string of the molecule is CC(=O)OCC1(C)OC2(CC1C)OC1CC3C4CCC5CC(O)CCC5(C)C4C(O)CC3(C)C1C2(C)O. The minimum Gasteiger partial charge on any atom is -0.463 e. The third-order valence-electron chi connectivity index (χ3n) is 12.9. The predicted octanol–water partition coefficient (Wildman–Crippen LogP) is 3.81. The number of esters is 1. The molecular formula is C30H48O7. The Labute approximate surface area is 221 Å². The average Bonchev–Trinajstić information content (AvgIpc) is 3.31. The molecule has 0 bridgehead atoms. The smallest absolute Gasteiger partial charge is 0.302 e. The lowest BCUT2D eigenvalue weighted by Crippen LogP contribution is -2.62. The van der Waals surface area contributed by atoms with Crippen LogP contribution in [-0.2, 0) is 19.0 Å². The van der Waals surface area contributed by atoms with Crippen LogP contribution in [0.4, 0.5) is 0 Å². The second-order valence-corrected chi connectivity index (χ2v) is 14.9. The van der Waals surface area contributed by atoms with Crippen molar-refractivity contribution in [2.75, 3.05) is 6.61 Å². The first-order valence-corrected chi connectivity index (χ1v) is 14.8. The molecule has 6 aliphatic rings. The van der Waals surface area contributed by atoms with Crippen LogP contribution in [0.5, 0.6) is 0 Å². The molecule has 0 amide bonds. The van der Waals surface area contributed by atoms with Gasteiger partial charge in [0.2, 0.25) is 0 Å². The normalized spacial score (nSPS) is 60.5. The summed E-state index contributed by atoms with van der Waals surface area (Å²) in [6.07, 6.45) is 6.21. The molecule has 0 aromatic rings. The maximum absolute atomic E-state index is 12.3. The van der Waals surface area contributed by atoms with E-state index in [-0.39, 0.29) is 53.4 Å². The van der Waals surface area contributed by atoms with Gasteiger partial charge in [0.15, 0.2) is 5.79 Å². The summed E-state index contributed by atoms with van der Waals surface area (Å²) in [7, 11) is 0. The zero-order valence-electron chi connectivity index (χ0n) is 23.5. The first kappa shape index (κ1) is 26.5. The van der Waals surface area contributed by atoms with Crippen LogP contribution in [0.15, 0.2) is 0 Å². The molecule has 37 heavy (non-hydrogen) atoms. The summed E-state index contributed by atoms with van der Waals surface area (Å²) in [5, 5.41) is 34.5. The van der Waals surface area contributed by atoms with Crippen molar-refractivity contribution in [2.45, 2.75) is 128 Å². The van der Waals surface area contributed by atoms with E-state index in [2.05, 4.69) is 20.8 Å². The van der Waals surface area contributed by atoms with Crippen molar-refractivity contribution in [3.8, 4) is 0 Å². The summed E-state index contributed by atoms with van der Waals surface area (Å²) in [5.74, 6) is -0.0742. The van der Waals surface area contributed by atoms with Gasteiger partial charge in [-0.25, -0.2) is 0 Å². The highest BCUT2D eigenvalue weighted by Gasteiger charge is 2.77. The number of fused-ring (bicyclic) bond motifs is 7. The molecule has 4 aliphatic carbocycles. The van der Waals surface area contributed by atoms with Gasteiger partial charge in [0.25, 0.3) is 0 Å². The van der Waals surface area contributed by atoms with Crippen LogP contribution in [0.25, 0.3) is 0 Å². The number of hydrogen-bond acceptors (Lipinski definition) is 7. The number of aliphatic hydroxyl groups is 3. The fourth-order valence-corrected chi connectivity index (χ4v) is 11.0. The number of carbonyl (C=O) groups excluding carboxylic acids is 1. The molecule has 2 heterocycles. The van der Waals surface area contributed by atoms with Gasteiger partial charge in [0, 0.05) is 19.3 Å². The van der Waals surface area contributed by atoms with Crippen LogP contribution in [0.3, 0.4) is 0 Å². The van der Waals surface area contributed by atoms with Gasteiger partial charge in [0.05, 0.1) is 18.3 Å². The van der Waals surface area contributed by atoms with Gasteiger partial charge in [-0.3, -0.25) is 4.79 Å². The molecule has 0 radical (unpaired) electrons. The van der Waals surface area contributed by atoms with E-state index in [1.165, 1.54) is 6.92 Å². The predicted molar refractivity (Wildman–Crippen MR) is 136 cm³/mol. The Kier molecular flexibility index (Phi) is 5.84. The maximum atomic E-state index is 12.3. The van der Waals surface area contributed by atoms with E-state index in [0.29, 0.717) is 30.6 Å². The van der Waals surface area contributed by atoms with Crippen molar-refractivity contribution in [1.29, 1.82) is 0 Å². The maximum Gasteiger partial charge on any atom is 0.302 e. The second kappa shape index (κ2) is 8.15. The van der Waals surface area contributed by atoms with Crippen molar-refractivity contribution < 1.29 is 34.3 Å². The highest BCUT2D eigenvalue weighted by atomic mass is 16.7. The number of rotatable bonds is 2. The largest absolute Gasteiger partial charge is 0.463 e. The third kappa shape index (κ3) is 3.46. The van der Waals surface area contributed by atoms with Gasteiger partial charge in [0.1, 0.15) is 17.8 Å². The topological polar surface area (TPSA) is 105 Å². The molecule has 0 aromatic carbocycles. The second-order valence-electron chi connectivity index (χ2n) is 14.9. The summed E-state index contributed by atoms with van der Waals surface area (Å²) in [4.78, 5) is 11.5. The minimum atomic E-state index is -1.23. The summed E-state index contributed by atoms with van der Waals surface area (Å²) >= 11 is 0. The fourth-order valence-electron chi connectivity index (χ4n) is 11.0. The van der Waals surface area contributed by atoms with E-state index in [1.54, 1.807) is 0 Å². The highest BCUT2D eigenvalue weighted by molar-refractivity contribution is 5.66. The first-order chi connectivity index (χ1) is 17.2. The summed E-state index contributed by atoms with van der Waals surface area (Å²) in [6, 6.07) is 0. The number of aliphatic hydroxyl groups excluding tert-OH is 2. The monoisotopic (exact) mass is 520 g/mol. The molecule has 0 aromatic heterocycles. The third-order valence-corrected chi connectivity index (χ3v) is 12.9.